The van der Waals surface area contributed by atoms with Gasteiger partial charge in [0.25, 0.3) is 0 Å². The van der Waals surface area contributed by atoms with Crippen molar-refractivity contribution < 1.29 is 29.0 Å². The molecule has 1 aromatic carbocycles. The van der Waals surface area contributed by atoms with Gasteiger partial charge in [-0.15, -0.1) is 0 Å². The van der Waals surface area contributed by atoms with E-state index in [4.69, 9.17) is 9.47 Å². The molecule has 0 aliphatic heterocycles. The highest BCUT2D eigenvalue weighted by atomic mass is 16.5. The van der Waals surface area contributed by atoms with Crippen molar-refractivity contribution in [1.82, 2.24) is 10.2 Å². The van der Waals surface area contributed by atoms with Crippen LogP contribution in [0.3, 0.4) is 0 Å². The number of carboxylic acids is 1. The van der Waals surface area contributed by atoms with Crippen LogP contribution in [0.2, 0.25) is 0 Å². The maximum Gasteiger partial charge on any atom is 0.326 e. The molecular weight excluding hydrogens is 352 g/mol. The first-order valence-electron chi connectivity index (χ1n) is 8.79. The minimum atomic E-state index is -1.08. The van der Waals surface area contributed by atoms with E-state index < -0.39 is 12.0 Å². The van der Waals surface area contributed by atoms with Crippen LogP contribution < -0.4 is 14.8 Å². The molecule has 0 heterocycles. The number of carboxylic acid groups (broad SMARTS) is 1. The number of nitrogens with zero attached hydrogens (tertiary/aromatic N) is 1. The third-order valence-electron chi connectivity index (χ3n) is 4.78. The predicted octanol–water partition coefficient (Wildman–Crippen LogP) is 1.25. The van der Waals surface area contributed by atoms with Crippen LogP contribution in [0.1, 0.15) is 31.7 Å². The molecule has 1 aliphatic rings. The highest BCUT2D eigenvalue weighted by molar-refractivity contribution is 5.87. The van der Waals surface area contributed by atoms with Gasteiger partial charge in [-0.2, -0.15) is 0 Å². The number of carbonyl (C=O) groups is 3. The van der Waals surface area contributed by atoms with Crippen molar-refractivity contribution in [1.29, 1.82) is 0 Å². The number of hydrogen-bond acceptors (Lipinski definition) is 5. The van der Waals surface area contributed by atoms with Gasteiger partial charge in [0.1, 0.15) is 17.5 Å². The summed E-state index contributed by atoms with van der Waals surface area (Å²) in [6.07, 6.45) is 0.616. The largest absolute Gasteiger partial charge is 0.497 e. The molecule has 2 N–H and O–H groups in total. The first kappa shape index (κ1) is 20.5. The van der Waals surface area contributed by atoms with E-state index in [1.54, 1.807) is 26.4 Å². The number of carbonyl (C=O) groups excluding carboxylic acids is 2. The van der Waals surface area contributed by atoms with E-state index in [2.05, 4.69) is 5.32 Å². The molecule has 0 aromatic heterocycles. The topological polar surface area (TPSA) is 105 Å². The molecule has 2 rings (SSSR count). The van der Waals surface area contributed by atoms with Crippen LogP contribution in [0.15, 0.2) is 18.2 Å². The van der Waals surface area contributed by atoms with Crippen LogP contribution in [0.5, 0.6) is 11.5 Å². The summed E-state index contributed by atoms with van der Waals surface area (Å²) in [4.78, 5) is 36.7. The molecule has 1 saturated carbocycles. The Hall–Kier alpha value is -2.77. The summed E-state index contributed by atoms with van der Waals surface area (Å²) in [6, 6.07) is 4.45. The molecule has 1 aromatic rings. The molecule has 27 heavy (non-hydrogen) atoms. The lowest BCUT2D eigenvalue weighted by atomic mass is 10.1. The van der Waals surface area contributed by atoms with E-state index in [-0.39, 0.29) is 36.7 Å². The van der Waals surface area contributed by atoms with Crippen LogP contribution in [0, 0.1) is 5.92 Å². The summed E-state index contributed by atoms with van der Waals surface area (Å²) >= 11 is 0. The number of benzene rings is 1. The maximum atomic E-state index is 12.9. The van der Waals surface area contributed by atoms with Crippen molar-refractivity contribution in [2.24, 2.45) is 5.92 Å². The minimum absolute atomic E-state index is 0.0492. The molecule has 148 valence electrons. The quantitative estimate of drug-likeness (QED) is 0.670. The second-order valence-corrected chi connectivity index (χ2v) is 6.59. The Morgan fingerprint density at radius 3 is 2.56 bits per heavy atom. The molecule has 3 unspecified atom stereocenters. The third-order valence-corrected chi connectivity index (χ3v) is 4.78. The standard InChI is InChI=1S/C19H26N2O6/c1-11(19(24)25)21(8-7-20-12(2)22)18(23)16-10-14(16)15-9-13(26-3)5-6-17(15)27-4/h5-6,9,11,14,16H,7-8,10H2,1-4H3,(H,20,22)(H,24,25). The summed E-state index contributed by atoms with van der Waals surface area (Å²) in [6.45, 7) is 3.19. The minimum Gasteiger partial charge on any atom is -0.497 e. The summed E-state index contributed by atoms with van der Waals surface area (Å²) in [7, 11) is 3.14. The average Bonchev–Trinajstić information content (AvgIpc) is 3.44. The second-order valence-electron chi connectivity index (χ2n) is 6.59. The number of aliphatic carboxylic acids is 1. The first-order chi connectivity index (χ1) is 12.8. The van der Waals surface area contributed by atoms with Gasteiger partial charge in [0.05, 0.1) is 14.2 Å². The molecule has 0 bridgehead atoms. The van der Waals surface area contributed by atoms with Gasteiger partial charge >= 0.3 is 5.97 Å². The molecular formula is C19H26N2O6. The van der Waals surface area contributed by atoms with Crippen molar-refractivity contribution in [3.8, 4) is 11.5 Å². The Bertz CT molecular complexity index is 720. The van der Waals surface area contributed by atoms with Crippen molar-refractivity contribution in [2.75, 3.05) is 27.3 Å². The van der Waals surface area contributed by atoms with Crippen LogP contribution in [-0.2, 0) is 14.4 Å². The van der Waals surface area contributed by atoms with Crippen LogP contribution >= 0.6 is 0 Å². The Balaban J connectivity index is 2.15. The summed E-state index contributed by atoms with van der Waals surface area (Å²) < 4.78 is 10.6. The zero-order valence-corrected chi connectivity index (χ0v) is 16.0. The van der Waals surface area contributed by atoms with Crippen LogP contribution in [-0.4, -0.2) is 61.1 Å². The zero-order valence-electron chi connectivity index (χ0n) is 16.0. The van der Waals surface area contributed by atoms with Crippen molar-refractivity contribution >= 4 is 17.8 Å². The van der Waals surface area contributed by atoms with Crippen LogP contribution in [0.25, 0.3) is 0 Å². The maximum absolute atomic E-state index is 12.9. The Kier molecular flexibility index (Phi) is 6.65. The van der Waals surface area contributed by atoms with E-state index >= 15 is 0 Å². The molecule has 2 amide bonds. The first-order valence-corrected chi connectivity index (χ1v) is 8.79. The number of nitrogens with one attached hydrogen (secondary N) is 1. The normalized spacial score (nSPS) is 19.0. The molecule has 1 fully saturated rings. The molecule has 8 nitrogen and oxygen atoms in total. The number of ether oxygens (including phenoxy) is 2. The zero-order chi connectivity index (χ0) is 20.1. The van der Waals surface area contributed by atoms with Gasteiger partial charge in [-0.1, -0.05) is 0 Å². The monoisotopic (exact) mass is 378 g/mol. The molecule has 0 spiro atoms. The van der Waals surface area contributed by atoms with E-state index in [0.717, 1.165) is 5.56 Å². The molecule has 0 saturated heterocycles. The lowest BCUT2D eigenvalue weighted by Gasteiger charge is -2.27. The number of hydrogen-bond donors (Lipinski definition) is 2. The van der Waals surface area contributed by atoms with E-state index in [0.29, 0.717) is 17.9 Å². The van der Waals surface area contributed by atoms with E-state index in [9.17, 15) is 19.5 Å². The number of methoxy groups -OCH3 is 2. The van der Waals surface area contributed by atoms with Crippen LogP contribution in [0.4, 0.5) is 0 Å². The smallest absolute Gasteiger partial charge is 0.326 e. The fourth-order valence-electron chi connectivity index (χ4n) is 3.13. The van der Waals surface area contributed by atoms with Gasteiger partial charge in [0.15, 0.2) is 0 Å². The van der Waals surface area contributed by atoms with Crippen molar-refractivity contribution in [3.63, 3.8) is 0 Å². The van der Waals surface area contributed by atoms with Gasteiger partial charge in [-0.05, 0) is 31.5 Å². The highest BCUT2D eigenvalue weighted by Crippen LogP contribution is 2.52. The molecule has 3 atom stereocenters. The average molecular weight is 378 g/mol. The van der Waals surface area contributed by atoms with Gasteiger partial charge in [0.2, 0.25) is 11.8 Å². The lowest BCUT2D eigenvalue weighted by molar-refractivity contribution is -0.150. The highest BCUT2D eigenvalue weighted by Gasteiger charge is 2.48. The van der Waals surface area contributed by atoms with E-state index in [1.165, 1.54) is 18.7 Å². The molecule has 8 heteroatoms. The summed E-state index contributed by atoms with van der Waals surface area (Å²) in [5, 5.41) is 11.9. The fourth-order valence-corrected chi connectivity index (χ4v) is 3.13. The predicted molar refractivity (Wildman–Crippen MR) is 97.9 cm³/mol. The van der Waals surface area contributed by atoms with Crippen molar-refractivity contribution in [3.05, 3.63) is 23.8 Å². The Morgan fingerprint density at radius 2 is 2.00 bits per heavy atom. The molecule has 0 radical (unpaired) electrons. The number of amides is 2. The lowest BCUT2D eigenvalue weighted by Crippen LogP contribution is -2.47. The van der Waals surface area contributed by atoms with Gasteiger partial charge in [-0.3, -0.25) is 9.59 Å². The summed E-state index contributed by atoms with van der Waals surface area (Å²) in [5.41, 5.74) is 0.875. The second kappa shape index (κ2) is 8.75. The van der Waals surface area contributed by atoms with E-state index in [1.807, 2.05) is 6.07 Å². The Morgan fingerprint density at radius 1 is 1.30 bits per heavy atom. The molecule has 1 aliphatic carbocycles. The van der Waals surface area contributed by atoms with Gasteiger partial charge in [-0.25, -0.2) is 4.79 Å². The van der Waals surface area contributed by atoms with Crippen molar-refractivity contribution in [2.45, 2.75) is 32.2 Å². The SMILES string of the molecule is COc1ccc(OC)c(C2CC2C(=O)N(CCNC(C)=O)C(C)C(=O)O)c1. The van der Waals surface area contributed by atoms with Gasteiger partial charge < -0.3 is 24.8 Å². The number of rotatable bonds is 9. The third kappa shape index (κ3) is 4.90. The van der Waals surface area contributed by atoms with Gasteiger partial charge in [0, 0.05) is 37.4 Å². The summed E-state index contributed by atoms with van der Waals surface area (Å²) in [5.74, 6) is -0.558. The Labute approximate surface area is 158 Å². The fraction of sp³-hybridized carbons (Fsp3) is 0.526.